The monoisotopic (exact) mass is 400 g/mol. The Labute approximate surface area is 158 Å². The number of carbonyl (C=O) groups is 2. The summed E-state index contributed by atoms with van der Waals surface area (Å²) in [7, 11) is -1.31. The van der Waals surface area contributed by atoms with Gasteiger partial charge in [-0.25, -0.2) is 8.42 Å². The lowest BCUT2D eigenvalue weighted by Crippen LogP contribution is -2.37. The van der Waals surface area contributed by atoms with Gasteiger partial charge >= 0.3 is 5.97 Å². The molecule has 2 rings (SSSR count). The molecule has 0 heterocycles. The van der Waals surface area contributed by atoms with Gasteiger partial charge in [0.2, 0.25) is 10.0 Å². The van der Waals surface area contributed by atoms with Crippen molar-refractivity contribution in [3.63, 3.8) is 0 Å². The van der Waals surface area contributed by atoms with Crippen molar-refractivity contribution in [3.8, 4) is 11.5 Å². The maximum atomic E-state index is 12.4. The number of hydrogen-bond donors (Lipinski definition) is 2. The van der Waals surface area contributed by atoms with Crippen LogP contribution in [0.25, 0.3) is 0 Å². The Hall–Kier alpha value is -2.33. The molecule has 1 aliphatic carbocycles. The van der Waals surface area contributed by atoms with Crippen LogP contribution < -0.4 is 19.5 Å². The molecule has 0 bridgehead atoms. The Kier molecular flexibility index (Phi) is 7.43. The molecule has 27 heavy (non-hydrogen) atoms. The van der Waals surface area contributed by atoms with E-state index in [1.54, 1.807) is 6.07 Å². The van der Waals surface area contributed by atoms with Crippen LogP contribution in [0.1, 0.15) is 25.7 Å². The van der Waals surface area contributed by atoms with Crippen LogP contribution in [0.15, 0.2) is 23.1 Å². The minimum absolute atomic E-state index is 0.104. The molecule has 1 amide bonds. The number of hydrogen-bond acceptors (Lipinski definition) is 7. The molecule has 0 aromatic heterocycles. The second-order valence-electron chi connectivity index (χ2n) is 6.05. The van der Waals surface area contributed by atoms with Crippen LogP contribution >= 0.6 is 0 Å². The predicted molar refractivity (Wildman–Crippen MR) is 96.1 cm³/mol. The molecule has 0 atom stereocenters. The summed E-state index contributed by atoms with van der Waals surface area (Å²) in [5.74, 6) is -0.829. The SMILES string of the molecule is COc1ccc(OC)c(S(=O)(=O)NCC(=O)OCC(=O)NC2CCCC2)c1. The molecule has 0 aliphatic heterocycles. The third kappa shape index (κ3) is 6.10. The van der Waals surface area contributed by atoms with Gasteiger partial charge in [0.05, 0.1) is 14.2 Å². The Morgan fingerprint density at radius 1 is 1.15 bits per heavy atom. The maximum absolute atomic E-state index is 12.4. The molecule has 2 N–H and O–H groups in total. The molecular weight excluding hydrogens is 376 g/mol. The van der Waals surface area contributed by atoms with Crippen LogP contribution in [0.3, 0.4) is 0 Å². The number of carbonyl (C=O) groups excluding carboxylic acids is 2. The molecule has 1 aliphatic rings. The Bertz CT molecular complexity index is 773. The highest BCUT2D eigenvalue weighted by molar-refractivity contribution is 7.89. The van der Waals surface area contributed by atoms with Gasteiger partial charge in [-0.05, 0) is 25.0 Å². The van der Waals surface area contributed by atoms with Crippen molar-refractivity contribution in [2.45, 2.75) is 36.6 Å². The summed E-state index contributed by atoms with van der Waals surface area (Å²) in [4.78, 5) is 23.3. The molecule has 150 valence electrons. The summed E-state index contributed by atoms with van der Waals surface area (Å²) >= 11 is 0. The minimum atomic E-state index is -4.04. The van der Waals surface area contributed by atoms with E-state index in [0.717, 1.165) is 25.7 Å². The maximum Gasteiger partial charge on any atom is 0.321 e. The van der Waals surface area contributed by atoms with Crippen LogP contribution in [-0.4, -0.2) is 53.7 Å². The summed E-state index contributed by atoms with van der Waals surface area (Å²) in [6.07, 6.45) is 3.98. The fourth-order valence-corrected chi connectivity index (χ4v) is 3.91. The van der Waals surface area contributed by atoms with E-state index in [1.807, 2.05) is 0 Å². The summed E-state index contributed by atoms with van der Waals surface area (Å²) in [6.45, 7) is -1.06. The van der Waals surface area contributed by atoms with Crippen LogP contribution in [0.5, 0.6) is 11.5 Å². The first-order valence-electron chi connectivity index (χ1n) is 8.52. The normalized spacial score (nSPS) is 14.6. The summed E-state index contributed by atoms with van der Waals surface area (Å²) in [5.41, 5.74) is 0. The lowest BCUT2D eigenvalue weighted by Gasteiger charge is -2.13. The molecule has 1 fully saturated rings. The van der Waals surface area contributed by atoms with Gasteiger partial charge in [-0.15, -0.1) is 0 Å². The molecule has 1 saturated carbocycles. The first-order valence-corrected chi connectivity index (χ1v) is 10.0. The lowest BCUT2D eigenvalue weighted by molar-refractivity contribution is -0.147. The third-order valence-electron chi connectivity index (χ3n) is 4.15. The van der Waals surface area contributed by atoms with E-state index in [1.165, 1.54) is 26.4 Å². The lowest BCUT2D eigenvalue weighted by atomic mass is 10.2. The second-order valence-corrected chi connectivity index (χ2v) is 7.79. The molecule has 0 radical (unpaired) electrons. The van der Waals surface area contributed by atoms with Crippen molar-refractivity contribution in [3.05, 3.63) is 18.2 Å². The van der Waals surface area contributed by atoms with Gasteiger partial charge in [0, 0.05) is 12.1 Å². The second kappa shape index (κ2) is 9.56. The Balaban J connectivity index is 1.87. The van der Waals surface area contributed by atoms with E-state index in [0.29, 0.717) is 5.75 Å². The van der Waals surface area contributed by atoms with E-state index in [9.17, 15) is 18.0 Å². The molecule has 1 aromatic rings. The zero-order chi connectivity index (χ0) is 19.9. The number of sulfonamides is 1. The standard InChI is InChI=1S/C17H24N2O7S/c1-24-13-7-8-14(25-2)15(9-13)27(22,23)18-10-17(21)26-11-16(20)19-12-5-3-4-6-12/h7-9,12,18H,3-6,10-11H2,1-2H3,(H,19,20). The Morgan fingerprint density at radius 2 is 1.85 bits per heavy atom. The molecule has 1 aromatic carbocycles. The molecule has 0 unspecified atom stereocenters. The average molecular weight is 400 g/mol. The van der Waals surface area contributed by atoms with Gasteiger partial charge in [-0.3, -0.25) is 9.59 Å². The van der Waals surface area contributed by atoms with Crippen LogP contribution in [0, 0.1) is 0 Å². The van der Waals surface area contributed by atoms with E-state index in [2.05, 4.69) is 10.0 Å². The van der Waals surface area contributed by atoms with Crippen molar-refractivity contribution >= 4 is 21.9 Å². The predicted octanol–water partition coefficient (Wildman–Crippen LogP) is 0.584. The first-order chi connectivity index (χ1) is 12.9. The third-order valence-corrected chi connectivity index (χ3v) is 5.57. The number of amides is 1. The fourth-order valence-electron chi connectivity index (χ4n) is 2.76. The Morgan fingerprint density at radius 3 is 2.48 bits per heavy atom. The highest BCUT2D eigenvalue weighted by atomic mass is 32.2. The molecule has 9 nitrogen and oxygen atoms in total. The van der Waals surface area contributed by atoms with Crippen LogP contribution in [0.2, 0.25) is 0 Å². The smallest absolute Gasteiger partial charge is 0.321 e. The average Bonchev–Trinajstić information content (AvgIpc) is 3.17. The van der Waals surface area contributed by atoms with E-state index in [-0.39, 0.29) is 16.7 Å². The van der Waals surface area contributed by atoms with Crippen molar-refractivity contribution < 1.29 is 32.2 Å². The van der Waals surface area contributed by atoms with Crippen molar-refractivity contribution in [1.82, 2.24) is 10.0 Å². The number of rotatable bonds is 9. The number of benzene rings is 1. The highest BCUT2D eigenvalue weighted by Crippen LogP contribution is 2.27. The van der Waals surface area contributed by atoms with E-state index < -0.39 is 35.1 Å². The minimum Gasteiger partial charge on any atom is -0.497 e. The fraction of sp³-hybridized carbons (Fsp3) is 0.529. The number of nitrogens with one attached hydrogen (secondary N) is 2. The number of ether oxygens (including phenoxy) is 3. The van der Waals surface area contributed by atoms with Crippen LogP contribution in [0.4, 0.5) is 0 Å². The van der Waals surface area contributed by atoms with E-state index in [4.69, 9.17) is 14.2 Å². The molecule has 10 heteroatoms. The van der Waals surface area contributed by atoms with Gasteiger partial charge in [0.1, 0.15) is 22.9 Å². The van der Waals surface area contributed by atoms with E-state index >= 15 is 0 Å². The topological polar surface area (TPSA) is 120 Å². The zero-order valence-corrected chi connectivity index (χ0v) is 16.1. The van der Waals surface area contributed by atoms with Crippen LogP contribution in [-0.2, 0) is 24.3 Å². The van der Waals surface area contributed by atoms with Crippen molar-refractivity contribution in [2.75, 3.05) is 27.4 Å². The molecule has 0 saturated heterocycles. The summed E-state index contributed by atoms with van der Waals surface area (Å²) in [5, 5.41) is 2.77. The summed E-state index contributed by atoms with van der Waals surface area (Å²) < 4.78 is 41.8. The quantitative estimate of drug-likeness (QED) is 0.582. The zero-order valence-electron chi connectivity index (χ0n) is 15.3. The van der Waals surface area contributed by atoms with Gasteiger partial charge < -0.3 is 19.5 Å². The van der Waals surface area contributed by atoms with Gasteiger partial charge in [0.15, 0.2) is 6.61 Å². The first kappa shape index (κ1) is 21.0. The largest absolute Gasteiger partial charge is 0.497 e. The van der Waals surface area contributed by atoms with Crippen molar-refractivity contribution in [2.24, 2.45) is 0 Å². The molecule has 0 spiro atoms. The van der Waals surface area contributed by atoms with Gasteiger partial charge in [-0.2, -0.15) is 4.72 Å². The number of esters is 1. The van der Waals surface area contributed by atoms with Gasteiger partial charge in [0.25, 0.3) is 5.91 Å². The summed E-state index contributed by atoms with van der Waals surface area (Å²) in [6, 6.07) is 4.39. The molecular formula is C17H24N2O7S. The highest BCUT2D eigenvalue weighted by Gasteiger charge is 2.22. The van der Waals surface area contributed by atoms with Gasteiger partial charge in [-0.1, -0.05) is 12.8 Å². The number of methoxy groups -OCH3 is 2. The van der Waals surface area contributed by atoms with Crippen molar-refractivity contribution in [1.29, 1.82) is 0 Å².